The predicted octanol–water partition coefficient (Wildman–Crippen LogP) is 3.52. The zero-order valence-corrected chi connectivity index (χ0v) is 9.13. The summed E-state index contributed by atoms with van der Waals surface area (Å²) in [4.78, 5) is 13.2. The molecule has 0 atom stereocenters. The van der Waals surface area contributed by atoms with Gasteiger partial charge >= 0.3 is 0 Å². The maximum absolute atomic E-state index is 10.5. The molecule has 1 rings (SSSR count). The third-order valence-electron chi connectivity index (χ3n) is 2.19. The van der Waals surface area contributed by atoms with Crippen molar-refractivity contribution < 1.29 is 4.79 Å². The first-order valence-electron chi connectivity index (χ1n) is 5.01. The fourth-order valence-corrected chi connectivity index (χ4v) is 1.35. The second kappa shape index (κ2) is 6.43. The maximum Gasteiger partial charge on any atom is 0.150 e. The molecule has 4 nitrogen and oxygen atoms in total. The van der Waals surface area contributed by atoms with E-state index in [4.69, 9.17) is 5.53 Å². The van der Waals surface area contributed by atoms with Gasteiger partial charge in [-0.25, -0.2) is 0 Å². The largest absolute Gasteiger partial charge is 0.298 e. The van der Waals surface area contributed by atoms with Gasteiger partial charge in [0.2, 0.25) is 0 Å². The summed E-state index contributed by atoms with van der Waals surface area (Å²) in [5, 5.41) is 3.44. The molecule has 1 aromatic rings. The lowest BCUT2D eigenvalue weighted by Gasteiger charge is -2.00. The molecule has 16 heavy (non-hydrogen) atoms. The highest BCUT2D eigenvalue weighted by molar-refractivity contribution is 5.76. The molecule has 0 N–H and O–H groups in total. The standard InChI is InChI=1S/C12H13N3O/c1-10-8-11(9-16)5-6-12(10)4-2-3-7-14-15-13/h2,4-6,8-9H,3,7H2,1H3. The molecule has 0 radical (unpaired) electrons. The normalized spacial score (nSPS) is 10.1. The Hall–Kier alpha value is -2.06. The van der Waals surface area contributed by atoms with Crippen LogP contribution in [0.4, 0.5) is 0 Å². The van der Waals surface area contributed by atoms with Crippen molar-refractivity contribution in [2.75, 3.05) is 6.54 Å². The number of azide groups is 1. The van der Waals surface area contributed by atoms with Crippen LogP contribution in [0.5, 0.6) is 0 Å². The third-order valence-corrected chi connectivity index (χ3v) is 2.19. The molecular formula is C12H13N3O. The third kappa shape index (κ3) is 3.59. The SMILES string of the molecule is Cc1cc(C=O)ccc1C=CCCN=[N+]=[N-]. The van der Waals surface area contributed by atoms with E-state index in [1.807, 2.05) is 31.2 Å². The Morgan fingerprint density at radius 2 is 2.31 bits per heavy atom. The van der Waals surface area contributed by atoms with Crippen LogP contribution in [0.1, 0.15) is 27.9 Å². The molecule has 0 saturated heterocycles. The molecule has 0 unspecified atom stereocenters. The summed E-state index contributed by atoms with van der Waals surface area (Å²) in [6, 6.07) is 5.54. The van der Waals surface area contributed by atoms with Crippen molar-refractivity contribution in [2.45, 2.75) is 13.3 Å². The topological polar surface area (TPSA) is 65.8 Å². The van der Waals surface area contributed by atoms with E-state index in [2.05, 4.69) is 10.0 Å². The average molecular weight is 215 g/mol. The molecule has 0 aromatic heterocycles. The fraction of sp³-hybridized carbons (Fsp3) is 0.250. The Morgan fingerprint density at radius 3 is 2.94 bits per heavy atom. The van der Waals surface area contributed by atoms with Crippen LogP contribution in [0.25, 0.3) is 16.5 Å². The minimum atomic E-state index is 0.471. The minimum absolute atomic E-state index is 0.471. The number of nitrogens with zero attached hydrogens (tertiary/aromatic N) is 3. The van der Waals surface area contributed by atoms with Crippen molar-refractivity contribution in [3.05, 3.63) is 51.4 Å². The molecule has 0 fully saturated rings. The van der Waals surface area contributed by atoms with E-state index >= 15 is 0 Å². The van der Waals surface area contributed by atoms with E-state index in [1.54, 1.807) is 6.07 Å². The van der Waals surface area contributed by atoms with Gasteiger partial charge in [-0.15, -0.1) is 0 Å². The molecule has 0 spiro atoms. The van der Waals surface area contributed by atoms with Crippen molar-refractivity contribution in [1.29, 1.82) is 0 Å². The monoisotopic (exact) mass is 215 g/mol. The van der Waals surface area contributed by atoms with Crippen LogP contribution < -0.4 is 0 Å². The highest BCUT2D eigenvalue weighted by Crippen LogP contribution is 2.12. The van der Waals surface area contributed by atoms with E-state index in [0.29, 0.717) is 12.1 Å². The van der Waals surface area contributed by atoms with Gasteiger partial charge in [0.15, 0.2) is 0 Å². The quantitative estimate of drug-likeness (QED) is 0.243. The van der Waals surface area contributed by atoms with Gasteiger partial charge in [-0.2, -0.15) is 0 Å². The summed E-state index contributed by atoms with van der Waals surface area (Å²) < 4.78 is 0. The van der Waals surface area contributed by atoms with Gasteiger partial charge in [-0.05, 0) is 36.1 Å². The van der Waals surface area contributed by atoms with E-state index in [-0.39, 0.29) is 0 Å². The van der Waals surface area contributed by atoms with Crippen LogP contribution in [0.3, 0.4) is 0 Å². The van der Waals surface area contributed by atoms with Gasteiger partial charge in [-0.3, -0.25) is 4.79 Å². The Balaban J connectivity index is 2.66. The number of benzene rings is 1. The van der Waals surface area contributed by atoms with E-state index < -0.39 is 0 Å². The fourth-order valence-electron chi connectivity index (χ4n) is 1.35. The maximum atomic E-state index is 10.5. The molecule has 4 heteroatoms. The molecule has 0 heterocycles. The summed E-state index contributed by atoms with van der Waals surface area (Å²) in [5.41, 5.74) is 10.9. The lowest BCUT2D eigenvalue weighted by molar-refractivity contribution is 0.112. The molecule has 0 amide bonds. The van der Waals surface area contributed by atoms with Crippen LogP contribution >= 0.6 is 0 Å². The average Bonchev–Trinajstić information content (AvgIpc) is 2.30. The number of hydrogen-bond donors (Lipinski definition) is 0. The molecule has 0 aliphatic carbocycles. The number of aryl methyl sites for hydroxylation is 1. The van der Waals surface area contributed by atoms with Gasteiger partial charge in [0.1, 0.15) is 6.29 Å². The number of carbonyl (C=O) groups excluding carboxylic acids is 1. The zero-order valence-electron chi connectivity index (χ0n) is 9.13. The van der Waals surface area contributed by atoms with E-state index in [0.717, 1.165) is 23.8 Å². The van der Waals surface area contributed by atoms with Gasteiger partial charge in [0.05, 0.1) is 0 Å². The highest BCUT2D eigenvalue weighted by atomic mass is 16.1. The molecule has 0 saturated carbocycles. The number of rotatable bonds is 5. The summed E-state index contributed by atoms with van der Waals surface area (Å²) in [5.74, 6) is 0. The van der Waals surface area contributed by atoms with Gasteiger partial charge in [-0.1, -0.05) is 29.4 Å². The summed E-state index contributed by atoms with van der Waals surface area (Å²) >= 11 is 0. The first kappa shape index (κ1) is 12.0. The number of carbonyl (C=O) groups is 1. The minimum Gasteiger partial charge on any atom is -0.298 e. The lowest BCUT2D eigenvalue weighted by atomic mass is 10.1. The highest BCUT2D eigenvalue weighted by Gasteiger charge is 1.95. The number of hydrogen-bond acceptors (Lipinski definition) is 2. The molecule has 82 valence electrons. The molecular weight excluding hydrogens is 202 g/mol. The van der Waals surface area contributed by atoms with Crippen LogP contribution in [-0.2, 0) is 0 Å². The van der Waals surface area contributed by atoms with Gasteiger partial charge < -0.3 is 0 Å². The Morgan fingerprint density at radius 1 is 1.50 bits per heavy atom. The zero-order chi connectivity index (χ0) is 11.8. The van der Waals surface area contributed by atoms with Crippen LogP contribution in [0.15, 0.2) is 29.4 Å². The van der Waals surface area contributed by atoms with Crippen LogP contribution in [0, 0.1) is 6.92 Å². The number of aldehydes is 1. The van der Waals surface area contributed by atoms with Crippen molar-refractivity contribution in [1.82, 2.24) is 0 Å². The van der Waals surface area contributed by atoms with E-state index in [1.165, 1.54) is 0 Å². The van der Waals surface area contributed by atoms with Crippen molar-refractivity contribution in [2.24, 2.45) is 5.11 Å². The van der Waals surface area contributed by atoms with E-state index in [9.17, 15) is 4.79 Å². The summed E-state index contributed by atoms with van der Waals surface area (Å²) in [7, 11) is 0. The van der Waals surface area contributed by atoms with Gasteiger partial charge in [0, 0.05) is 17.0 Å². The first-order chi connectivity index (χ1) is 7.77. The predicted molar refractivity (Wildman–Crippen MR) is 64.2 cm³/mol. The molecule has 0 aliphatic rings. The Labute approximate surface area is 94.2 Å². The summed E-state index contributed by atoms with van der Waals surface area (Å²) in [6.45, 7) is 2.43. The lowest BCUT2D eigenvalue weighted by Crippen LogP contribution is -1.85. The Kier molecular flexibility index (Phi) is 4.83. The van der Waals surface area contributed by atoms with Crippen LogP contribution in [0.2, 0.25) is 0 Å². The van der Waals surface area contributed by atoms with Crippen LogP contribution in [-0.4, -0.2) is 12.8 Å². The van der Waals surface area contributed by atoms with Crippen molar-refractivity contribution in [3.63, 3.8) is 0 Å². The second-order valence-electron chi connectivity index (χ2n) is 3.38. The summed E-state index contributed by atoms with van der Waals surface area (Å²) in [6.07, 6.45) is 5.48. The molecule has 0 bridgehead atoms. The van der Waals surface area contributed by atoms with Crippen molar-refractivity contribution >= 4 is 12.4 Å². The first-order valence-corrected chi connectivity index (χ1v) is 5.01. The van der Waals surface area contributed by atoms with Crippen molar-refractivity contribution in [3.8, 4) is 0 Å². The smallest absolute Gasteiger partial charge is 0.150 e. The second-order valence-corrected chi connectivity index (χ2v) is 3.38. The molecule has 1 aromatic carbocycles. The van der Waals surface area contributed by atoms with Gasteiger partial charge in [0.25, 0.3) is 0 Å². The Bertz CT molecular complexity index is 446. The molecule has 0 aliphatic heterocycles.